The number of benzene rings is 5. The van der Waals surface area contributed by atoms with Crippen molar-refractivity contribution in [2.75, 3.05) is 0 Å². The minimum absolute atomic E-state index is 0.0429. The number of aromatic nitrogens is 2. The largest absolute Gasteiger partial charge is 0.478 e. The molecule has 0 saturated heterocycles. The summed E-state index contributed by atoms with van der Waals surface area (Å²) < 4.78 is 0. The number of fused-ring (bicyclic) bond motifs is 6. The van der Waals surface area contributed by atoms with Gasteiger partial charge in [-0.2, -0.15) is 0 Å². The number of Topliss-reactive ketones (excluding diaryl/α,β-unsaturated/α-hetero) is 2. The van der Waals surface area contributed by atoms with Crippen LogP contribution in [0.1, 0.15) is 44.7 Å². The van der Waals surface area contributed by atoms with E-state index in [9.17, 15) is 14.4 Å². The predicted octanol–water partition coefficient (Wildman–Crippen LogP) is 8.36. The zero-order valence-corrected chi connectivity index (χ0v) is 24.4. The molecule has 1 aliphatic carbocycles. The zero-order valence-electron chi connectivity index (χ0n) is 22.9. The number of halogens is 2. The number of carboxylic acid groups (broad SMARTS) is 1. The minimum atomic E-state index is -0.939. The quantitative estimate of drug-likeness (QED) is 0.160. The van der Waals surface area contributed by atoms with Gasteiger partial charge in [-0.05, 0) is 69.4 Å². The second kappa shape index (κ2) is 11.6. The summed E-state index contributed by atoms with van der Waals surface area (Å²) >= 11 is 12.2. The molecule has 7 rings (SSSR count). The topological polar surface area (TPSA) is 97.2 Å². The average molecular weight is 607 g/mol. The third-order valence-electron chi connectivity index (χ3n) is 7.93. The molecule has 43 heavy (non-hydrogen) atoms. The average Bonchev–Trinajstić information content (AvgIpc) is 3.03. The van der Waals surface area contributed by atoms with Gasteiger partial charge < -0.3 is 5.11 Å². The van der Waals surface area contributed by atoms with Crippen LogP contribution in [0.5, 0.6) is 0 Å². The molecule has 1 heterocycles. The van der Waals surface area contributed by atoms with Crippen LogP contribution in [-0.4, -0.2) is 32.6 Å². The van der Waals surface area contributed by atoms with Crippen LogP contribution in [0.25, 0.3) is 32.4 Å². The van der Waals surface area contributed by atoms with Crippen molar-refractivity contribution >= 4 is 73.2 Å². The highest BCUT2D eigenvalue weighted by Crippen LogP contribution is 2.39. The van der Waals surface area contributed by atoms with E-state index in [2.05, 4.69) is 22.1 Å². The van der Waals surface area contributed by atoms with Crippen molar-refractivity contribution in [3.63, 3.8) is 0 Å². The molecular weight excluding hydrogens is 583 g/mol. The molecule has 5 aromatic carbocycles. The lowest BCUT2D eigenvalue weighted by Gasteiger charge is -2.28. The number of carbonyl (C=O) groups excluding carboxylic acids is 2. The van der Waals surface area contributed by atoms with Crippen LogP contribution >= 0.6 is 23.2 Å². The van der Waals surface area contributed by atoms with Gasteiger partial charge in [0.25, 0.3) is 0 Å². The standard InChI is InChI=1S/C26H18Cl2O2.C9H6N2O2/c1-14-17-9-10-19-18-5-3-2-4-16(18)7-8-20(19)24(17)26(30)21(25(14)29)12-15-6-11-22(27)23(28)13-15;12-9(13)6-1-2-8-7(3-6)4-10-5-11-8/h2-11,13-14,21H,12H2,1H3;1-5H,(H,12,13). The van der Waals surface area contributed by atoms with Crippen LogP contribution < -0.4 is 0 Å². The van der Waals surface area contributed by atoms with Gasteiger partial charge in [-0.1, -0.05) is 84.7 Å². The lowest BCUT2D eigenvalue weighted by atomic mass is 9.72. The van der Waals surface area contributed by atoms with E-state index < -0.39 is 11.9 Å². The molecule has 6 nitrogen and oxygen atoms in total. The molecule has 6 aromatic rings. The first-order valence-electron chi connectivity index (χ1n) is 13.6. The molecule has 1 N–H and O–H groups in total. The first-order chi connectivity index (χ1) is 20.7. The minimum Gasteiger partial charge on any atom is -0.478 e. The number of ketones is 2. The molecule has 0 bridgehead atoms. The second-order valence-corrected chi connectivity index (χ2v) is 11.3. The van der Waals surface area contributed by atoms with Crippen LogP contribution in [0, 0.1) is 5.92 Å². The summed E-state index contributed by atoms with van der Waals surface area (Å²) in [6.07, 6.45) is 3.35. The maximum Gasteiger partial charge on any atom is 0.335 e. The molecule has 8 heteroatoms. The highest BCUT2D eigenvalue weighted by atomic mass is 35.5. The number of carboxylic acids is 1. The van der Waals surface area contributed by atoms with Crippen LogP contribution in [-0.2, 0) is 11.2 Å². The Kier molecular flexibility index (Phi) is 7.65. The van der Waals surface area contributed by atoms with E-state index in [1.54, 1.807) is 30.5 Å². The zero-order chi connectivity index (χ0) is 30.2. The van der Waals surface area contributed by atoms with Gasteiger partial charge in [0.2, 0.25) is 0 Å². The summed E-state index contributed by atoms with van der Waals surface area (Å²) in [5.74, 6) is -2.15. The monoisotopic (exact) mass is 606 g/mol. The normalized spacial score (nSPS) is 16.2. The number of hydrogen-bond donors (Lipinski definition) is 1. The SMILES string of the molecule is CC1C(=O)C(Cc2ccc(Cl)c(Cl)c2)C(=O)c2c1ccc1c2ccc2ccccc21.O=C(O)c1ccc2ncncc2c1. The van der Waals surface area contributed by atoms with E-state index >= 15 is 0 Å². The van der Waals surface area contributed by atoms with Crippen molar-refractivity contribution in [1.82, 2.24) is 9.97 Å². The molecular formula is C35H24Cl2N2O4. The smallest absolute Gasteiger partial charge is 0.335 e. The van der Waals surface area contributed by atoms with E-state index in [0.717, 1.165) is 43.6 Å². The van der Waals surface area contributed by atoms with E-state index in [1.807, 2.05) is 49.4 Å². The fourth-order valence-corrected chi connectivity index (χ4v) is 6.03. The fourth-order valence-electron chi connectivity index (χ4n) is 5.71. The predicted molar refractivity (Wildman–Crippen MR) is 169 cm³/mol. The molecule has 1 aromatic heterocycles. The molecule has 1 aliphatic rings. The first kappa shape index (κ1) is 28.5. The summed E-state index contributed by atoms with van der Waals surface area (Å²) in [6, 6.07) is 26.2. The number of nitrogens with zero attached hydrogens (tertiary/aromatic N) is 2. The van der Waals surface area contributed by atoms with E-state index in [1.165, 1.54) is 12.4 Å². The summed E-state index contributed by atoms with van der Waals surface area (Å²) in [4.78, 5) is 45.1. The Hall–Kier alpha value is -4.65. The lowest BCUT2D eigenvalue weighted by Crippen LogP contribution is -2.35. The number of hydrogen-bond acceptors (Lipinski definition) is 5. The van der Waals surface area contributed by atoms with Crippen LogP contribution in [0.15, 0.2) is 97.5 Å². The Morgan fingerprint density at radius 2 is 1.63 bits per heavy atom. The molecule has 0 fully saturated rings. The Morgan fingerprint density at radius 1 is 0.837 bits per heavy atom. The van der Waals surface area contributed by atoms with E-state index in [4.69, 9.17) is 28.3 Å². The molecule has 212 valence electrons. The maximum atomic E-state index is 13.6. The highest BCUT2D eigenvalue weighted by Gasteiger charge is 2.39. The van der Waals surface area contributed by atoms with Gasteiger partial charge in [0.15, 0.2) is 11.6 Å². The van der Waals surface area contributed by atoms with Gasteiger partial charge in [-0.25, -0.2) is 14.8 Å². The third-order valence-corrected chi connectivity index (χ3v) is 8.67. The third kappa shape index (κ3) is 5.36. The maximum absolute atomic E-state index is 13.6. The molecule has 0 aliphatic heterocycles. The summed E-state index contributed by atoms with van der Waals surface area (Å²) in [7, 11) is 0. The number of rotatable bonds is 3. The lowest BCUT2D eigenvalue weighted by molar-refractivity contribution is -0.122. The van der Waals surface area contributed by atoms with Gasteiger partial charge in [0.05, 0.1) is 27.0 Å². The second-order valence-electron chi connectivity index (χ2n) is 10.5. The van der Waals surface area contributed by atoms with Crippen molar-refractivity contribution in [1.29, 1.82) is 0 Å². The van der Waals surface area contributed by atoms with Crippen molar-refractivity contribution in [2.24, 2.45) is 5.92 Å². The fraction of sp³-hybridized carbons (Fsp3) is 0.114. The van der Waals surface area contributed by atoms with Gasteiger partial charge in [-0.3, -0.25) is 9.59 Å². The Labute approximate surface area is 256 Å². The van der Waals surface area contributed by atoms with Gasteiger partial charge >= 0.3 is 5.97 Å². The Balaban J connectivity index is 0.000000211. The summed E-state index contributed by atoms with van der Waals surface area (Å²) in [5, 5.41) is 14.5. The molecule has 2 unspecified atom stereocenters. The van der Waals surface area contributed by atoms with Crippen LogP contribution in [0.3, 0.4) is 0 Å². The Morgan fingerprint density at radius 3 is 2.42 bits per heavy atom. The summed E-state index contributed by atoms with van der Waals surface area (Å²) in [5.41, 5.74) is 3.33. The van der Waals surface area contributed by atoms with Crippen molar-refractivity contribution in [3.05, 3.63) is 130 Å². The number of aromatic carboxylic acids is 1. The van der Waals surface area contributed by atoms with Crippen LogP contribution in [0.2, 0.25) is 10.0 Å². The molecule has 0 amide bonds. The molecule has 2 atom stereocenters. The Bertz CT molecular complexity index is 2090. The van der Waals surface area contributed by atoms with Crippen LogP contribution in [0.4, 0.5) is 0 Å². The van der Waals surface area contributed by atoms with E-state index in [0.29, 0.717) is 22.0 Å². The van der Waals surface area contributed by atoms with Gasteiger partial charge in [0, 0.05) is 23.1 Å². The van der Waals surface area contributed by atoms with Gasteiger partial charge in [0.1, 0.15) is 6.33 Å². The van der Waals surface area contributed by atoms with Crippen molar-refractivity contribution in [2.45, 2.75) is 19.3 Å². The van der Waals surface area contributed by atoms with Crippen molar-refractivity contribution < 1.29 is 19.5 Å². The number of carbonyl (C=O) groups is 3. The molecule has 0 saturated carbocycles. The van der Waals surface area contributed by atoms with Gasteiger partial charge in [-0.15, -0.1) is 0 Å². The summed E-state index contributed by atoms with van der Waals surface area (Å²) in [6.45, 7) is 1.89. The molecule has 0 spiro atoms. The van der Waals surface area contributed by atoms with Crippen molar-refractivity contribution in [3.8, 4) is 0 Å². The first-order valence-corrected chi connectivity index (χ1v) is 14.4. The molecule has 0 radical (unpaired) electrons. The van der Waals surface area contributed by atoms with E-state index in [-0.39, 0.29) is 23.0 Å². The highest BCUT2D eigenvalue weighted by molar-refractivity contribution is 6.42.